The smallest absolute Gasteiger partial charge is 0.171 e. The lowest BCUT2D eigenvalue weighted by atomic mass is 10.1. The maximum absolute atomic E-state index is 5.28. The number of fused-ring (bicyclic) bond motifs is 1. The van der Waals surface area contributed by atoms with E-state index in [-0.39, 0.29) is 0 Å². The van der Waals surface area contributed by atoms with Gasteiger partial charge < -0.3 is 20.4 Å². The lowest BCUT2D eigenvalue weighted by Crippen LogP contribution is -2.27. The molecule has 0 aliphatic rings. The Labute approximate surface area is 162 Å². The molecule has 0 spiro atoms. The monoisotopic (exact) mass is 374 g/mol. The number of anilines is 3. The van der Waals surface area contributed by atoms with Gasteiger partial charge in [0.1, 0.15) is 11.6 Å². The van der Waals surface area contributed by atoms with Crippen LogP contribution in [-0.4, -0.2) is 10.1 Å². The zero-order valence-electron chi connectivity index (χ0n) is 14.5. The van der Waals surface area contributed by atoms with E-state index < -0.39 is 0 Å². The van der Waals surface area contributed by atoms with E-state index in [0.29, 0.717) is 11.7 Å². The van der Waals surface area contributed by atoms with Gasteiger partial charge in [-0.25, -0.2) is 4.98 Å². The largest absolute Gasteiger partial charge is 0.467 e. The quantitative estimate of drug-likeness (QED) is 0.425. The van der Waals surface area contributed by atoms with E-state index in [4.69, 9.17) is 16.6 Å². The summed E-state index contributed by atoms with van der Waals surface area (Å²) in [7, 11) is 0. The fraction of sp³-hybridized carbons (Fsp3) is 0.0476. The minimum atomic E-state index is 0.517. The van der Waals surface area contributed by atoms with Crippen molar-refractivity contribution < 1.29 is 4.42 Å². The summed E-state index contributed by atoms with van der Waals surface area (Å²) in [6.45, 7) is 0.536. The number of hydrogen-bond donors (Lipinski definition) is 3. The summed E-state index contributed by atoms with van der Waals surface area (Å²) in [6.07, 6.45) is 3.38. The van der Waals surface area contributed by atoms with Gasteiger partial charge >= 0.3 is 0 Å². The molecule has 3 N–H and O–H groups in total. The molecule has 2 heterocycles. The summed E-state index contributed by atoms with van der Waals surface area (Å²) in [5.74, 6) is 1.59. The number of aromatic nitrogens is 1. The van der Waals surface area contributed by atoms with Gasteiger partial charge in [-0.15, -0.1) is 0 Å². The van der Waals surface area contributed by atoms with Gasteiger partial charge in [0.05, 0.1) is 24.7 Å². The molecule has 27 heavy (non-hydrogen) atoms. The van der Waals surface area contributed by atoms with Crippen molar-refractivity contribution in [1.29, 1.82) is 0 Å². The van der Waals surface area contributed by atoms with Crippen molar-refractivity contribution >= 4 is 45.3 Å². The molecule has 0 atom stereocenters. The van der Waals surface area contributed by atoms with E-state index in [9.17, 15) is 0 Å². The summed E-state index contributed by atoms with van der Waals surface area (Å²) in [4.78, 5) is 4.44. The Kier molecular flexibility index (Phi) is 4.98. The summed E-state index contributed by atoms with van der Waals surface area (Å²) < 4.78 is 5.26. The molecule has 4 aromatic rings. The lowest BCUT2D eigenvalue weighted by molar-refractivity contribution is 0.503. The summed E-state index contributed by atoms with van der Waals surface area (Å²) in [6, 6.07) is 22.1. The van der Waals surface area contributed by atoms with Crippen molar-refractivity contribution in [2.45, 2.75) is 6.54 Å². The van der Waals surface area contributed by atoms with Crippen molar-refractivity contribution in [1.82, 2.24) is 10.3 Å². The van der Waals surface area contributed by atoms with Gasteiger partial charge in [-0.05, 0) is 59.4 Å². The molecule has 4 rings (SSSR count). The van der Waals surface area contributed by atoms with Crippen molar-refractivity contribution in [3.63, 3.8) is 0 Å². The van der Waals surface area contributed by atoms with E-state index in [2.05, 4.69) is 45.2 Å². The third-order valence-corrected chi connectivity index (χ3v) is 4.29. The Morgan fingerprint density at radius 2 is 1.78 bits per heavy atom. The number of pyridine rings is 1. The molecule has 0 radical (unpaired) electrons. The predicted molar refractivity (Wildman–Crippen MR) is 113 cm³/mol. The molecule has 0 fully saturated rings. The number of hydrogen-bond acceptors (Lipinski definition) is 4. The number of furan rings is 1. The fourth-order valence-corrected chi connectivity index (χ4v) is 2.90. The molecule has 2 aromatic heterocycles. The highest BCUT2D eigenvalue weighted by Gasteiger charge is 2.02. The van der Waals surface area contributed by atoms with Gasteiger partial charge in [-0.2, -0.15) is 0 Å². The maximum atomic E-state index is 5.28. The Morgan fingerprint density at radius 3 is 2.56 bits per heavy atom. The van der Waals surface area contributed by atoms with Crippen molar-refractivity contribution in [2.75, 3.05) is 10.6 Å². The molecule has 0 aliphatic carbocycles. The average molecular weight is 374 g/mol. The van der Waals surface area contributed by atoms with Crippen LogP contribution in [0.5, 0.6) is 0 Å². The van der Waals surface area contributed by atoms with Crippen LogP contribution in [0.2, 0.25) is 0 Å². The van der Waals surface area contributed by atoms with Gasteiger partial charge in [0.15, 0.2) is 5.11 Å². The number of thiocarbonyl (C=S) groups is 1. The lowest BCUT2D eigenvalue weighted by Gasteiger charge is -2.11. The van der Waals surface area contributed by atoms with Crippen molar-refractivity contribution in [2.24, 2.45) is 0 Å². The van der Waals surface area contributed by atoms with E-state index >= 15 is 0 Å². The highest BCUT2D eigenvalue weighted by atomic mass is 32.1. The zero-order valence-corrected chi connectivity index (χ0v) is 15.3. The first-order valence-electron chi connectivity index (χ1n) is 8.55. The molecular formula is C21H18N4OS. The molecular weight excluding hydrogens is 356 g/mol. The topological polar surface area (TPSA) is 62.1 Å². The first-order chi connectivity index (χ1) is 13.3. The van der Waals surface area contributed by atoms with Gasteiger partial charge in [0.2, 0.25) is 0 Å². The Balaban J connectivity index is 1.35. The number of nitrogens with zero attached hydrogens (tertiary/aromatic N) is 1. The van der Waals surface area contributed by atoms with Gasteiger partial charge in [0.25, 0.3) is 0 Å². The van der Waals surface area contributed by atoms with Crippen LogP contribution in [0.15, 0.2) is 83.6 Å². The standard InChI is InChI=1S/C21H18N4OS/c27-21(23-14-19-6-3-11-26-19)25-18-9-10-20(22-13-18)24-17-8-7-15-4-1-2-5-16(15)12-17/h1-13H,14H2,(H,22,24)(H2,23,25,27). The van der Waals surface area contributed by atoms with E-state index in [1.54, 1.807) is 12.5 Å². The Bertz CT molecular complexity index is 1050. The first kappa shape index (κ1) is 17.1. The summed E-state index contributed by atoms with van der Waals surface area (Å²) >= 11 is 5.28. The van der Waals surface area contributed by atoms with E-state index in [0.717, 1.165) is 23.0 Å². The van der Waals surface area contributed by atoms with Crippen LogP contribution < -0.4 is 16.0 Å². The molecule has 5 nitrogen and oxygen atoms in total. The highest BCUT2D eigenvalue weighted by molar-refractivity contribution is 7.80. The molecule has 0 aliphatic heterocycles. The number of nitrogens with one attached hydrogen (secondary N) is 3. The minimum Gasteiger partial charge on any atom is -0.467 e. The molecule has 0 amide bonds. The Morgan fingerprint density at radius 1 is 0.926 bits per heavy atom. The fourth-order valence-electron chi connectivity index (χ4n) is 2.71. The normalized spacial score (nSPS) is 10.5. The average Bonchev–Trinajstić information content (AvgIpc) is 3.22. The Hall–Kier alpha value is -3.38. The SMILES string of the molecule is S=C(NCc1ccco1)Nc1ccc(Nc2ccc3ccccc3c2)nc1. The molecule has 2 aromatic carbocycles. The van der Waals surface area contributed by atoms with Crippen LogP contribution >= 0.6 is 12.2 Å². The van der Waals surface area contributed by atoms with Crippen LogP contribution in [0.1, 0.15) is 5.76 Å². The van der Waals surface area contributed by atoms with E-state index in [1.165, 1.54) is 10.8 Å². The zero-order chi connectivity index (χ0) is 18.5. The van der Waals surface area contributed by atoms with Crippen molar-refractivity contribution in [3.05, 3.63) is 85.0 Å². The molecule has 0 saturated carbocycles. The van der Waals surface area contributed by atoms with Gasteiger partial charge in [0, 0.05) is 5.69 Å². The van der Waals surface area contributed by atoms with Crippen molar-refractivity contribution in [3.8, 4) is 0 Å². The van der Waals surface area contributed by atoms with Crippen LogP contribution in [0, 0.1) is 0 Å². The van der Waals surface area contributed by atoms with E-state index in [1.807, 2.05) is 42.5 Å². The molecule has 0 bridgehead atoms. The predicted octanol–water partition coefficient (Wildman–Crippen LogP) is 5.06. The second kappa shape index (κ2) is 7.88. The van der Waals surface area contributed by atoms with Crippen LogP contribution in [-0.2, 0) is 6.54 Å². The van der Waals surface area contributed by atoms with Gasteiger partial charge in [-0.3, -0.25) is 0 Å². The number of rotatable bonds is 5. The second-order valence-corrected chi connectivity index (χ2v) is 6.41. The van der Waals surface area contributed by atoms with Gasteiger partial charge in [-0.1, -0.05) is 30.3 Å². The summed E-state index contributed by atoms with van der Waals surface area (Å²) in [5.41, 5.74) is 1.81. The third kappa shape index (κ3) is 4.43. The second-order valence-electron chi connectivity index (χ2n) is 6.01. The number of benzene rings is 2. The van der Waals surface area contributed by atoms with Crippen LogP contribution in [0.25, 0.3) is 10.8 Å². The highest BCUT2D eigenvalue weighted by Crippen LogP contribution is 2.22. The summed E-state index contributed by atoms with van der Waals surface area (Å²) in [5, 5.41) is 12.4. The minimum absolute atomic E-state index is 0.517. The molecule has 134 valence electrons. The molecule has 0 unspecified atom stereocenters. The van der Waals surface area contributed by atoms with Crippen LogP contribution in [0.4, 0.5) is 17.2 Å². The third-order valence-electron chi connectivity index (χ3n) is 4.05. The first-order valence-corrected chi connectivity index (χ1v) is 8.96. The molecule has 6 heteroatoms. The maximum Gasteiger partial charge on any atom is 0.171 e. The van der Waals surface area contributed by atoms with Crippen LogP contribution in [0.3, 0.4) is 0 Å². The molecule has 0 saturated heterocycles.